The minimum Gasteiger partial charge on any atom is -0.345 e. The van der Waals surface area contributed by atoms with E-state index in [9.17, 15) is 0 Å². The van der Waals surface area contributed by atoms with E-state index in [0.717, 1.165) is 5.56 Å². The fraction of sp³-hybridized carbons (Fsp3) is 0.222. The van der Waals surface area contributed by atoms with Crippen molar-refractivity contribution in [2.45, 2.75) is 12.8 Å². The third-order valence-electron chi connectivity index (χ3n) is 1.40. The molecule has 0 spiro atoms. The molecule has 0 bridgehead atoms. The number of hydrogen-bond donors (Lipinski definition) is 1. The van der Waals surface area contributed by atoms with E-state index in [4.69, 9.17) is 15.7 Å². The first-order valence-electron chi connectivity index (χ1n) is 3.63. The van der Waals surface area contributed by atoms with Gasteiger partial charge in [-0.2, -0.15) is 5.26 Å². The maximum Gasteiger partial charge on any atom is 0.194 e. The lowest BCUT2D eigenvalue weighted by atomic mass is 10.2. The average Bonchev–Trinajstić information content (AvgIpc) is 2.16. The molecule has 1 aromatic carbocycles. The Kier molecular flexibility index (Phi) is 3.27. The summed E-state index contributed by atoms with van der Waals surface area (Å²) in [5.74, 6) is 0. The molecule has 0 amide bonds. The Morgan fingerprint density at radius 2 is 2.08 bits per heavy atom. The minimum absolute atomic E-state index is 0.384. The first-order chi connectivity index (χ1) is 5.83. The molecule has 1 atom stereocenters. The van der Waals surface area contributed by atoms with E-state index in [-0.39, 0.29) is 0 Å². The first-order valence-corrected chi connectivity index (χ1v) is 3.63. The predicted octanol–water partition coefficient (Wildman–Crippen LogP) is 1.01. The second-order valence-electron chi connectivity index (χ2n) is 2.35. The van der Waals surface area contributed by atoms with Gasteiger partial charge in [-0.3, -0.25) is 5.73 Å². The van der Waals surface area contributed by atoms with Crippen LogP contribution < -0.4 is 5.73 Å². The predicted molar refractivity (Wildman–Crippen MR) is 44.8 cm³/mol. The second kappa shape index (κ2) is 4.50. The van der Waals surface area contributed by atoms with Crippen molar-refractivity contribution >= 4 is 0 Å². The van der Waals surface area contributed by atoms with Gasteiger partial charge in [-0.05, 0) is 5.56 Å². The molecule has 1 aromatic rings. The number of nitriles is 1. The van der Waals surface area contributed by atoms with Gasteiger partial charge in [0, 0.05) is 0 Å². The van der Waals surface area contributed by atoms with Gasteiger partial charge in [0.15, 0.2) is 6.23 Å². The Morgan fingerprint density at radius 1 is 1.42 bits per heavy atom. The van der Waals surface area contributed by atoms with E-state index in [1.54, 1.807) is 6.07 Å². The van der Waals surface area contributed by atoms with Crippen LogP contribution in [-0.2, 0) is 11.3 Å². The molecule has 0 aliphatic carbocycles. The monoisotopic (exact) mass is 162 g/mol. The average molecular weight is 162 g/mol. The van der Waals surface area contributed by atoms with Crippen molar-refractivity contribution in [3.05, 3.63) is 35.9 Å². The summed E-state index contributed by atoms with van der Waals surface area (Å²) in [4.78, 5) is 0. The number of nitrogens with zero attached hydrogens (tertiary/aromatic N) is 1. The van der Waals surface area contributed by atoms with E-state index in [1.165, 1.54) is 0 Å². The van der Waals surface area contributed by atoms with Gasteiger partial charge >= 0.3 is 0 Å². The molecular weight excluding hydrogens is 152 g/mol. The summed E-state index contributed by atoms with van der Waals surface area (Å²) >= 11 is 0. The van der Waals surface area contributed by atoms with Gasteiger partial charge in [-0.25, -0.2) is 0 Å². The number of benzene rings is 1. The molecule has 62 valence electrons. The minimum atomic E-state index is -0.829. The maximum absolute atomic E-state index is 8.31. The highest BCUT2D eigenvalue weighted by molar-refractivity contribution is 5.13. The molecule has 0 aromatic heterocycles. The van der Waals surface area contributed by atoms with Gasteiger partial charge in [0.1, 0.15) is 6.07 Å². The van der Waals surface area contributed by atoms with Crippen LogP contribution >= 0.6 is 0 Å². The van der Waals surface area contributed by atoms with Gasteiger partial charge in [0.2, 0.25) is 0 Å². The number of rotatable bonds is 3. The maximum atomic E-state index is 8.31. The van der Waals surface area contributed by atoms with Crippen LogP contribution in [0.25, 0.3) is 0 Å². The van der Waals surface area contributed by atoms with Crippen molar-refractivity contribution in [3.8, 4) is 6.07 Å². The van der Waals surface area contributed by atoms with Crippen LogP contribution in [0.3, 0.4) is 0 Å². The van der Waals surface area contributed by atoms with Crippen molar-refractivity contribution < 1.29 is 4.74 Å². The molecule has 0 saturated heterocycles. The Labute approximate surface area is 71.4 Å². The van der Waals surface area contributed by atoms with Gasteiger partial charge in [-0.15, -0.1) is 0 Å². The van der Waals surface area contributed by atoms with Gasteiger partial charge in [0.25, 0.3) is 0 Å². The Balaban J connectivity index is 2.40. The Hall–Kier alpha value is -1.37. The van der Waals surface area contributed by atoms with Crippen LogP contribution in [0.1, 0.15) is 5.56 Å². The van der Waals surface area contributed by atoms with E-state index in [2.05, 4.69) is 0 Å². The number of ether oxygens (including phenoxy) is 1. The molecule has 2 N–H and O–H groups in total. The van der Waals surface area contributed by atoms with Gasteiger partial charge < -0.3 is 4.74 Å². The molecular formula is C9H10N2O. The zero-order valence-corrected chi connectivity index (χ0v) is 6.60. The van der Waals surface area contributed by atoms with Crippen LogP contribution in [0.2, 0.25) is 0 Å². The lowest BCUT2D eigenvalue weighted by Crippen LogP contribution is -2.20. The zero-order valence-electron chi connectivity index (χ0n) is 6.60. The number of hydrogen-bond acceptors (Lipinski definition) is 3. The van der Waals surface area contributed by atoms with Crippen molar-refractivity contribution in [1.29, 1.82) is 5.26 Å². The van der Waals surface area contributed by atoms with E-state index in [1.807, 2.05) is 30.3 Å². The van der Waals surface area contributed by atoms with E-state index < -0.39 is 6.23 Å². The van der Waals surface area contributed by atoms with Crippen molar-refractivity contribution in [2.24, 2.45) is 5.73 Å². The van der Waals surface area contributed by atoms with E-state index in [0.29, 0.717) is 6.61 Å². The summed E-state index contributed by atoms with van der Waals surface area (Å²) in [6.45, 7) is 0.384. The standard InChI is InChI=1S/C9H10N2O/c10-6-9(11)12-7-8-4-2-1-3-5-8/h1-5,9H,7,11H2. The molecule has 0 aliphatic rings. The molecule has 3 nitrogen and oxygen atoms in total. The molecule has 12 heavy (non-hydrogen) atoms. The summed E-state index contributed by atoms with van der Waals surface area (Å²) in [6.07, 6.45) is -0.829. The van der Waals surface area contributed by atoms with Crippen molar-refractivity contribution in [1.82, 2.24) is 0 Å². The lowest BCUT2D eigenvalue weighted by molar-refractivity contribution is 0.0811. The van der Waals surface area contributed by atoms with Crippen LogP contribution in [0.15, 0.2) is 30.3 Å². The summed E-state index contributed by atoms with van der Waals surface area (Å²) < 4.78 is 4.99. The molecule has 3 heteroatoms. The Bertz CT molecular complexity index is 266. The third-order valence-corrected chi connectivity index (χ3v) is 1.40. The Morgan fingerprint density at radius 3 is 2.67 bits per heavy atom. The topological polar surface area (TPSA) is 59.0 Å². The first kappa shape index (κ1) is 8.72. The van der Waals surface area contributed by atoms with Crippen LogP contribution in [0, 0.1) is 11.3 Å². The lowest BCUT2D eigenvalue weighted by Gasteiger charge is -2.04. The SMILES string of the molecule is N#CC(N)OCc1ccccc1. The largest absolute Gasteiger partial charge is 0.345 e. The molecule has 0 aliphatic heterocycles. The highest BCUT2D eigenvalue weighted by Gasteiger charge is 1.98. The molecule has 0 heterocycles. The smallest absolute Gasteiger partial charge is 0.194 e. The number of nitrogens with two attached hydrogens (primary N) is 1. The normalized spacial score (nSPS) is 12.0. The van der Waals surface area contributed by atoms with Crippen LogP contribution in [0.4, 0.5) is 0 Å². The quantitative estimate of drug-likeness (QED) is 0.675. The van der Waals surface area contributed by atoms with Gasteiger partial charge in [0.05, 0.1) is 6.61 Å². The van der Waals surface area contributed by atoms with Crippen LogP contribution in [0.5, 0.6) is 0 Å². The highest BCUT2D eigenvalue weighted by atomic mass is 16.5. The van der Waals surface area contributed by atoms with E-state index >= 15 is 0 Å². The molecule has 0 fully saturated rings. The third kappa shape index (κ3) is 2.70. The summed E-state index contributed by atoms with van der Waals surface area (Å²) in [5.41, 5.74) is 6.25. The van der Waals surface area contributed by atoms with Gasteiger partial charge in [-0.1, -0.05) is 30.3 Å². The zero-order chi connectivity index (χ0) is 8.81. The van der Waals surface area contributed by atoms with Crippen molar-refractivity contribution in [2.75, 3.05) is 0 Å². The summed E-state index contributed by atoms with van der Waals surface area (Å²) in [6, 6.07) is 11.4. The summed E-state index contributed by atoms with van der Waals surface area (Å²) in [5, 5.41) is 8.31. The van der Waals surface area contributed by atoms with Crippen molar-refractivity contribution in [3.63, 3.8) is 0 Å². The molecule has 0 saturated carbocycles. The second-order valence-corrected chi connectivity index (χ2v) is 2.35. The molecule has 0 radical (unpaired) electrons. The summed E-state index contributed by atoms with van der Waals surface area (Å²) in [7, 11) is 0. The van der Waals surface area contributed by atoms with Crippen LogP contribution in [-0.4, -0.2) is 6.23 Å². The fourth-order valence-corrected chi connectivity index (χ4v) is 0.798. The fourth-order valence-electron chi connectivity index (χ4n) is 0.798. The highest BCUT2D eigenvalue weighted by Crippen LogP contribution is 2.00. The molecule has 1 unspecified atom stereocenters. The molecule has 1 rings (SSSR count).